The summed E-state index contributed by atoms with van der Waals surface area (Å²) in [6.45, 7) is 6.94. The van der Waals surface area contributed by atoms with Crippen molar-refractivity contribution < 1.29 is 4.79 Å². The Bertz CT molecular complexity index is 187. The highest BCUT2D eigenvalue weighted by Crippen LogP contribution is 2.08. The van der Waals surface area contributed by atoms with Crippen LogP contribution in [0.15, 0.2) is 0 Å². The van der Waals surface area contributed by atoms with Crippen LogP contribution in [-0.4, -0.2) is 30.0 Å². The van der Waals surface area contributed by atoms with Gasteiger partial charge in [-0.2, -0.15) is 11.8 Å². The number of carbonyl (C=O) groups excluding carboxylic acids is 1. The zero-order valence-electron chi connectivity index (χ0n) is 10.2. The summed E-state index contributed by atoms with van der Waals surface area (Å²) in [7, 11) is 0. The molecule has 15 heavy (non-hydrogen) atoms. The standard InChI is InChI=1S/C11H24N2OS/c1-5-8(2)10(12)11(14)13-7-6-9(3)15-4/h8-10H,5-7,12H2,1-4H3,(H,13,14)/t8-,9?,10-/m0/s1. The van der Waals surface area contributed by atoms with Gasteiger partial charge in [0, 0.05) is 11.8 Å². The van der Waals surface area contributed by atoms with Gasteiger partial charge in [0.25, 0.3) is 0 Å². The minimum Gasteiger partial charge on any atom is -0.355 e. The summed E-state index contributed by atoms with van der Waals surface area (Å²) in [5.41, 5.74) is 5.80. The number of thioether (sulfide) groups is 1. The second kappa shape index (κ2) is 7.99. The van der Waals surface area contributed by atoms with Crippen LogP contribution in [0.2, 0.25) is 0 Å². The van der Waals surface area contributed by atoms with E-state index in [4.69, 9.17) is 5.73 Å². The van der Waals surface area contributed by atoms with E-state index in [2.05, 4.69) is 18.5 Å². The smallest absolute Gasteiger partial charge is 0.237 e. The molecule has 4 heteroatoms. The van der Waals surface area contributed by atoms with Crippen molar-refractivity contribution in [2.45, 2.75) is 44.9 Å². The molecule has 0 radical (unpaired) electrons. The van der Waals surface area contributed by atoms with Crippen molar-refractivity contribution in [3.8, 4) is 0 Å². The second-order valence-corrected chi connectivity index (χ2v) is 5.31. The molecule has 0 aromatic heterocycles. The van der Waals surface area contributed by atoms with E-state index < -0.39 is 0 Å². The second-order valence-electron chi connectivity index (χ2n) is 4.04. The Morgan fingerprint density at radius 2 is 2.07 bits per heavy atom. The van der Waals surface area contributed by atoms with Crippen LogP contribution in [0, 0.1) is 5.92 Å². The van der Waals surface area contributed by atoms with Crippen LogP contribution >= 0.6 is 11.8 Å². The van der Waals surface area contributed by atoms with Gasteiger partial charge in [0.15, 0.2) is 0 Å². The number of amides is 1. The van der Waals surface area contributed by atoms with Crippen LogP contribution in [0.4, 0.5) is 0 Å². The van der Waals surface area contributed by atoms with Gasteiger partial charge in [0.1, 0.15) is 0 Å². The molecule has 0 aliphatic carbocycles. The molecule has 90 valence electrons. The first-order chi connectivity index (χ1) is 7.02. The van der Waals surface area contributed by atoms with Crippen molar-refractivity contribution in [3.05, 3.63) is 0 Å². The first-order valence-electron chi connectivity index (χ1n) is 5.59. The highest BCUT2D eigenvalue weighted by Gasteiger charge is 2.18. The SMILES string of the molecule is CC[C@H](C)[C@H](N)C(=O)NCCC(C)SC. The van der Waals surface area contributed by atoms with Gasteiger partial charge in [-0.05, 0) is 18.6 Å². The normalized spacial score (nSPS) is 16.9. The van der Waals surface area contributed by atoms with Crippen molar-refractivity contribution in [3.63, 3.8) is 0 Å². The molecule has 1 unspecified atom stereocenters. The lowest BCUT2D eigenvalue weighted by Crippen LogP contribution is -2.45. The maximum atomic E-state index is 11.6. The van der Waals surface area contributed by atoms with Gasteiger partial charge in [-0.25, -0.2) is 0 Å². The van der Waals surface area contributed by atoms with Crippen LogP contribution < -0.4 is 11.1 Å². The van der Waals surface area contributed by atoms with Crippen molar-refractivity contribution >= 4 is 17.7 Å². The van der Waals surface area contributed by atoms with E-state index in [1.165, 1.54) is 0 Å². The number of carbonyl (C=O) groups is 1. The van der Waals surface area contributed by atoms with Crippen LogP contribution in [0.1, 0.15) is 33.6 Å². The van der Waals surface area contributed by atoms with Gasteiger partial charge in [-0.3, -0.25) is 4.79 Å². The number of hydrogen-bond acceptors (Lipinski definition) is 3. The van der Waals surface area contributed by atoms with Gasteiger partial charge in [-0.1, -0.05) is 27.2 Å². The third-order valence-corrected chi connectivity index (χ3v) is 3.85. The lowest BCUT2D eigenvalue weighted by atomic mass is 9.99. The summed E-state index contributed by atoms with van der Waals surface area (Å²) < 4.78 is 0. The van der Waals surface area contributed by atoms with Gasteiger partial charge in [0.2, 0.25) is 5.91 Å². The third-order valence-electron chi connectivity index (χ3n) is 2.81. The number of nitrogens with two attached hydrogens (primary N) is 1. The summed E-state index contributed by atoms with van der Waals surface area (Å²) in [4.78, 5) is 11.6. The molecule has 0 aromatic rings. The van der Waals surface area contributed by atoms with Crippen molar-refractivity contribution in [2.24, 2.45) is 11.7 Å². The van der Waals surface area contributed by atoms with Gasteiger partial charge >= 0.3 is 0 Å². The molecule has 0 saturated heterocycles. The topological polar surface area (TPSA) is 55.1 Å². The van der Waals surface area contributed by atoms with Crippen LogP contribution in [0.3, 0.4) is 0 Å². The summed E-state index contributed by atoms with van der Waals surface area (Å²) in [6.07, 6.45) is 4.02. The zero-order valence-corrected chi connectivity index (χ0v) is 11.1. The third kappa shape index (κ3) is 6.05. The molecule has 3 atom stereocenters. The zero-order chi connectivity index (χ0) is 11.8. The average molecular weight is 232 g/mol. The van der Waals surface area contributed by atoms with E-state index >= 15 is 0 Å². The Morgan fingerprint density at radius 1 is 1.47 bits per heavy atom. The largest absolute Gasteiger partial charge is 0.355 e. The molecule has 0 aliphatic heterocycles. The van der Waals surface area contributed by atoms with E-state index in [-0.39, 0.29) is 17.9 Å². The Morgan fingerprint density at radius 3 is 2.53 bits per heavy atom. The van der Waals surface area contributed by atoms with E-state index in [1.54, 1.807) is 0 Å². The molecular formula is C11H24N2OS. The Balaban J connectivity index is 3.74. The van der Waals surface area contributed by atoms with Crippen molar-refractivity contribution in [2.75, 3.05) is 12.8 Å². The molecule has 0 bridgehead atoms. The van der Waals surface area contributed by atoms with E-state index in [0.717, 1.165) is 19.4 Å². The van der Waals surface area contributed by atoms with Gasteiger partial charge in [0.05, 0.1) is 6.04 Å². The Kier molecular flexibility index (Phi) is 7.88. The maximum absolute atomic E-state index is 11.6. The average Bonchev–Trinajstić information content (AvgIpc) is 2.26. The highest BCUT2D eigenvalue weighted by molar-refractivity contribution is 7.99. The van der Waals surface area contributed by atoms with Crippen molar-refractivity contribution in [1.82, 2.24) is 5.32 Å². The van der Waals surface area contributed by atoms with Crippen molar-refractivity contribution in [1.29, 1.82) is 0 Å². The van der Waals surface area contributed by atoms with Crippen LogP contribution in [0.25, 0.3) is 0 Å². The first kappa shape index (κ1) is 14.8. The molecule has 0 heterocycles. The summed E-state index contributed by atoms with van der Waals surface area (Å²) >= 11 is 1.81. The summed E-state index contributed by atoms with van der Waals surface area (Å²) in [5, 5.41) is 3.47. The Hall–Kier alpha value is -0.220. The quantitative estimate of drug-likeness (QED) is 0.701. The first-order valence-corrected chi connectivity index (χ1v) is 6.87. The highest BCUT2D eigenvalue weighted by atomic mass is 32.2. The molecule has 0 rings (SSSR count). The molecular weight excluding hydrogens is 208 g/mol. The summed E-state index contributed by atoms with van der Waals surface area (Å²) in [6, 6.07) is -0.361. The molecule has 0 aromatic carbocycles. The molecule has 3 N–H and O–H groups in total. The predicted octanol–water partition coefficient (Wildman–Crippen LogP) is 1.62. The molecule has 0 aliphatic rings. The number of hydrogen-bond donors (Lipinski definition) is 2. The van der Waals surface area contributed by atoms with Gasteiger partial charge in [-0.15, -0.1) is 0 Å². The number of nitrogens with one attached hydrogen (secondary N) is 1. The van der Waals surface area contributed by atoms with Gasteiger partial charge < -0.3 is 11.1 Å². The molecule has 1 amide bonds. The minimum atomic E-state index is -0.361. The lowest BCUT2D eigenvalue weighted by Gasteiger charge is -2.18. The lowest BCUT2D eigenvalue weighted by molar-refractivity contribution is -0.123. The molecule has 0 spiro atoms. The van der Waals surface area contributed by atoms with Crippen LogP contribution in [0.5, 0.6) is 0 Å². The van der Waals surface area contributed by atoms with E-state index in [1.807, 2.05) is 25.6 Å². The minimum absolute atomic E-state index is 0.0161. The fraction of sp³-hybridized carbons (Fsp3) is 0.909. The molecule has 0 fully saturated rings. The monoisotopic (exact) mass is 232 g/mol. The van der Waals surface area contributed by atoms with Crippen LogP contribution in [-0.2, 0) is 4.79 Å². The number of rotatable bonds is 7. The fourth-order valence-corrected chi connectivity index (χ4v) is 1.50. The fourth-order valence-electron chi connectivity index (χ4n) is 1.15. The van der Waals surface area contributed by atoms with E-state index in [9.17, 15) is 4.79 Å². The Labute approximate surface area is 97.6 Å². The maximum Gasteiger partial charge on any atom is 0.237 e. The molecule has 0 saturated carbocycles. The summed E-state index contributed by atoms with van der Waals surface area (Å²) in [5.74, 6) is 0.237. The molecule has 3 nitrogen and oxygen atoms in total. The predicted molar refractivity (Wildman–Crippen MR) is 68.0 cm³/mol. The van der Waals surface area contributed by atoms with E-state index in [0.29, 0.717) is 5.25 Å².